The Bertz CT molecular complexity index is 1020. The molecule has 3 heterocycles. The maximum absolute atomic E-state index is 14.5. The van der Waals surface area contributed by atoms with Gasteiger partial charge in [0, 0.05) is 12.1 Å². The summed E-state index contributed by atoms with van der Waals surface area (Å²) in [5, 5.41) is 14.8. The molecular formula is C16H12F3N5O2. The fraction of sp³-hybridized carbons (Fsp3) is 0.250. The number of nitro groups is 1. The molecule has 2 aromatic heterocycles. The highest BCUT2D eigenvalue weighted by atomic mass is 19.1. The van der Waals surface area contributed by atoms with E-state index in [0.717, 1.165) is 35.1 Å². The lowest BCUT2D eigenvalue weighted by Gasteiger charge is -2.26. The van der Waals surface area contributed by atoms with Crippen LogP contribution in [-0.2, 0) is 0 Å². The van der Waals surface area contributed by atoms with Crippen LogP contribution in [0.4, 0.5) is 24.7 Å². The van der Waals surface area contributed by atoms with Crippen molar-refractivity contribution in [3.8, 4) is 0 Å². The molecule has 0 bridgehead atoms. The van der Waals surface area contributed by atoms with Gasteiger partial charge in [0.1, 0.15) is 17.8 Å². The first-order valence-electron chi connectivity index (χ1n) is 7.85. The van der Waals surface area contributed by atoms with E-state index >= 15 is 0 Å². The van der Waals surface area contributed by atoms with Crippen molar-refractivity contribution in [3.63, 3.8) is 0 Å². The average Bonchev–Trinajstić information content (AvgIpc) is 3.22. The minimum Gasteiger partial charge on any atom is -0.347 e. The fourth-order valence-corrected chi connectivity index (χ4v) is 3.31. The van der Waals surface area contributed by atoms with Gasteiger partial charge in [0.25, 0.3) is 0 Å². The number of hydrogen-bond acceptors (Lipinski definition) is 5. The van der Waals surface area contributed by atoms with Crippen LogP contribution in [-0.4, -0.2) is 26.1 Å². The van der Waals surface area contributed by atoms with Crippen LogP contribution in [0, 0.1) is 27.6 Å². The first kappa shape index (κ1) is 16.3. The van der Waals surface area contributed by atoms with Crippen molar-refractivity contribution in [1.82, 2.24) is 14.6 Å². The van der Waals surface area contributed by atoms with Crippen LogP contribution < -0.4 is 4.90 Å². The number of rotatable bonds is 3. The standard InChI is InChI=1S/C16H12F3N5O2/c17-9-3-4-11(18)10(6-9)13-2-1-5-22(13)15-12(19)8-23-16(21-15)14(7-20-23)24(25)26/h3-4,6-8,13H,1-2,5H2. The van der Waals surface area contributed by atoms with Crippen molar-refractivity contribution < 1.29 is 18.1 Å². The molecule has 0 spiro atoms. The van der Waals surface area contributed by atoms with E-state index in [4.69, 9.17) is 0 Å². The second-order valence-corrected chi connectivity index (χ2v) is 5.98. The van der Waals surface area contributed by atoms with Crippen molar-refractivity contribution in [2.45, 2.75) is 18.9 Å². The summed E-state index contributed by atoms with van der Waals surface area (Å²) in [5.41, 5.74) is -0.373. The molecule has 1 atom stereocenters. The highest BCUT2D eigenvalue weighted by Gasteiger charge is 2.32. The maximum atomic E-state index is 14.5. The maximum Gasteiger partial charge on any atom is 0.333 e. The van der Waals surface area contributed by atoms with Crippen molar-refractivity contribution in [2.75, 3.05) is 11.4 Å². The summed E-state index contributed by atoms with van der Waals surface area (Å²) in [7, 11) is 0. The Balaban J connectivity index is 1.83. The third-order valence-electron chi connectivity index (χ3n) is 4.45. The summed E-state index contributed by atoms with van der Waals surface area (Å²) in [6, 6.07) is 2.50. The molecule has 1 aromatic carbocycles. The Morgan fingerprint density at radius 3 is 2.81 bits per heavy atom. The van der Waals surface area contributed by atoms with E-state index in [0.29, 0.717) is 19.4 Å². The zero-order valence-electron chi connectivity index (χ0n) is 13.3. The number of fused-ring (bicyclic) bond motifs is 1. The van der Waals surface area contributed by atoms with E-state index in [1.54, 1.807) is 0 Å². The molecule has 4 rings (SSSR count). The van der Waals surface area contributed by atoms with Gasteiger partial charge in [-0.1, -0.05) is 0 Å². The highest BCUT2D eigenvalue weighted by molar-refractivity contribution is 5.62. The van der Waals surface area contributed by atoms with Gasteiger partial charge in [-0.15, -0.1) is 0 Å². The molecule has 10 heteroatoms. The molecule has 0 radical (unpaired) electrons. The number of benzene rings is 1. The summed E-state index contributed by atoms with van der Waals surface area (Å²) in [6.45, 7) is 0.364. The van der Waals surface area contributed by atoms with Crippen LogP contribution in [0.5, 0.6) is 0 Å². The fourth-order valence-electron chi connectivity index (χ4n) is 3.31. The molecule has 1 aliphatic heterocycles. The van der Waals surface area contributed by atoms with Gasteiger partial charge >= 0.3 is 5.69 Å². The van der Waals surface area contributed by atoms with E-state index in [1.165, 1.54) is 4.90 Å². The van der Waals surface area contributed by atoms with E-state index in [-0.39, 0.29) is 22.7 Å². The third kappa shape index (κ3) is 2.54. The minimum absolute atomic E-state index is 0.103. The van der Waals surface area contributed by atoms with E-state index in [2.05, 4.69) is 10.1 Å². The van der Waals surface area contributed by atoms with Crippen LogP contribution in [0.3, 0.4) is 0 Å². The van der Waals surface area contributed by atoms with Crippen LogP contribution >= 0.6 is 0 Å². The molecule has 1 aliphatic rings. The number of halogens is 3. The Kier molecular flexibility index (Phi) is 3.74. The Morgan fingerprint density at radius 1 is 1.23 bits per heavy atom. The quantitative estimate of drug-likeness (QED) is 0.527. The first-order chi connectivity index (χ1) is 12.5. The molecule has 1 unspecified atom stereocenters. The van der Waals surface area contributed by atoms with Gasteiger partial charge < -0.3 is 4.90 Å². The molecule has 0 saturated carbocycles. The topological polar surface area (TPSA) is 76.6 Å². The number of nitrogens with zero attached hydrogens (tertiary/aromatic N) is 5. The predicted molar refractivity (Wildman–Crippen MR) is 85.3 cm³/mol. The summed E-state index contributed by atoms with van der Waals surface area (Å²) in [4.78, 5) is 16.0. The highest BCUT2D eigenvalue weighted by Crippen LogP contribution is 2.38. The Hall–Kier alpha value is -3.17. The zero-order valence-corrected chi connectivity index (χ0v) is 13.3. The van der Waals surface area contributed by atoms with Gasteiger partial charge in [0.15, 0.2) is 11.6 Å². The summed E-state index contributed by atoms with van der Waals surface area (Å²) in [6.07, 6.45) is 3.07. The minimum atomic E-state index is -0.751. The van der Waals surface area contributed by atoms with E-state index < -0.39 is 28.4 Å². The summed E-state index contributed by atoms with van der Waals surface area (Å²) < 4.78 is 43.3. The molecule has 1 fully saturated rings. The lowest BCUT2D eigenvalue weighted by Crippen LogP contribution is -2.26. The molecule has 0 N–H and O–H groups in total. The molecule has 7 nitrogen and oxygen atoms in total. The first-order valence-corrected chi connectivity index (χ1v) is 7.85. The third-order valence-corrected chi connectivity index (χ3v) is 4.45. The van der Waals surface area contributed by atoms with Crippen LogP contribution in [0.2, 0.25) is 0 Å². The van der Waals surface area contributed by atoms with Crippen molar-refractivity contribution >= 4 is 17.2 Å². The molecule has 0 aliphatic carbocycles. The van der Waals surface area contributed by atoms with Gasteiger partial charge in [-0.05, 0) is 31.0 Å². The van der Waals surface area contributed by atoms with Crippen molar-refractivity contribution in [2.24, 2.45) is 0 Å². The molecule has 0 amide bonds. The normalized spacial score (nSPS) is 17.2. The largest absolute Gasteiger partial charge is 0.347 e. The Labute approximate surface area is 144 Å². The van der Waals surface area contributed by atoms with Gasteiger partial charge in [0.2, 0.25) is 5.65 Å². The van der Waals surface area contributed by atoms with E-state index in [9.17, 15) is 23.3 Å². The molecular weight excluding hydrogens is 351 g/mol. The number of hydrogen-bond donors (Lipinski definition) is 0. The van der Waals surface area contributed by atoms with Crippen LogP contribution in [0.25, 0.3) is 5.65 Å². The predicted octanol–water partition coefficient (Wildman–Crippen LogP) is 3.40. The number of anilines is 1. The average molecular weight is 363 g/mol. The second kappa shape index (κ2) is 5.97. The van der Waals surface area contributed by atoms with E-state index in [1.807, 2.05) is 0 Å². The van der Waals surface area contributed by atoms with Gasteiger partial charge in [-0.3, -0.25) is 10.1 Å². The zero-order chi connectivity index (χ0) is 18.4. The monoisotopic (exact) mass is 363 g/mol. The molecule has 134 valence electrons. The molecule has 1 saturated heterocycles. The number of aromatic nitrogens is 3. The van der Waals surface area contributed by atoms with Gasteiger partial charge in [-0.2, -0.15) is 5.10 Å². The van der Waals surface area contributed by atoms with Crippen molar-refractivity contribution in [3.05, 3.63) is 63.7 Å². The van der Waals surface area contributed by atoms with Crippen LogP contribution in [0.15, 0.2) is 30.6 Å². The SMILES string of the molecule is O=[N+]([O-])c1cnn2cc(F)c(N3CCCC3c3cc(F)ccc3F)nc12. The summed E-state index contributed by atoms with van der Waals surface area (Å²) >= 11 is 0. The smallest absolute Gasteiger partial charge is 0.333 e. The lowest BCUT2D eigenvalue weighted by atomic mass is 10.0. The Morgan fingerprint density at radius 2 is 2.04 bits per heavy atom. The molecule has 26 heavy (non-hydrogen) atoms. The second-order valence-electron chi connectivity index (χ2n) is 5.98. The summed E-state index contributed by atoms with van der Waals surface area (Å²) in [5.74, 6) is -2.09. The molecule has 3 aromatic rings. The lowest BCUT2D eigenvalue weighted by molar-refractivity contribution is -0.383. The van der Waals surface area contributed by atoms with Gasteiger partial charge in [0.05, 0.1) is 17.2 Å². The van der Waals surface area contributed by atoms with Crippen molar-refractivity contribution in [1.29, 1.82) is 0 Å². The van der Waals surface area contributed by atoms with Gasteiger partial charge in [-0.25, -0.2) is 22.7 Å². The van der Waals surface area contributed by atoms with Crippen LogP contribution in [0.1, 0.15) is 24.4 Å².